The second-order valence-corrected chi connectivity index (χ2v) is 6.43. The van der Waals surface area contributed by atoms with E-state index in [1.165, 1.54) is 10.8 Å². The van der Waals surface area contributed by atoms with Crippen LogP contribution >= 0.6 is 0 Å². The minimum absolute atomic E-state index is 0.0295. The molecule has 1 saturated heterocycles. The summed E-state index contributed by atoms with van der Waals surface area (Å²) in [6.07, 6.45) is 0.675. The van der Waals surface area contributed by atoms with Gasteiger partial charge in [-0.2, -0.15) is 0 Å². The Bertz CT molecular complexity index is 889. The Morgan fingerprint density at radius 2 is 2.15 bits per heavy atom. The molecule has 26 heavy (non-hydrogen) atoms. The first-order valence-corrected chi connectivity index (χ1v) is 8.56. The van der Waals surface area contributed by atoms with Crippen molar-refractivity contribution in [2.24, 2.45) is 0 Å². The zero-order chi connectivity index (χ0) is 18.8. The van der Waals surface area contributed by atoms with Gasteiger partial charge in [-0.05, 0) is 13.3 Å². The van der Waals surface area contributed by atoms with Crippen molar-refractivity contribution in [3.8, 4) is 0 Å². The largest absolute Gasteiger partial charge is 0.394 e. The lowest BCUT2D eigenvalue weighted by molar-refractivity contribution is -0.0361. The fourth-order valence-corrected chi connectivity index (χ4v) is 3.04. The van der Waals surface area contributed by atoms with Crippen molar-refractivity contribution in [3.63, 3.8) is 0 Å². The number of hydrogen-bond acceptors (Lipinski definition) is 6. The van der Waals surface area contributed by atoms with Crippen LogP contribution in [-0.4, -0.2) is 48.1 Å². The Hall–Kier alpha value is -2.33. The van der Waals surface area contributed by atoms with Gasteiger partial charge in [-0.25, -0.2) is 9.18 Å². The first-order chi connectivity index (χ1) is 12.4. The number of aryl methyl sites for hydroxylation is 2. The quantitative estimate of drug-likeness (QED) is 0.770. The molecule has 142 valence electrons. The summed E-state index contributed by atoms with van der Waals surface area (Å²) in [5.74, 6) is 0. The fourth-order valence-electron chi connectivity index (χ4n) is 3.04. The molecule has 0 radical (unpaired) electrons. The summed E-state index contributed by atoms with van der Waals surface area (Å²) in [5, 5.41) is 17.1. The molecule has 1 fully saturated rings. The molecule has 10 heteroatoms. The lowest BCUT2D eigenvalue weighted by Crippen LogP contribution is -2.42. The molecule has 9 nitrogen and oxygen atoms in total. The van der Waals surface area contributed by atoms with Gasteiger partial charge in [0, 0.05) is 24.7 Å². The van der Waals surface area contributed by atoms with Crippen LogP contribution in [0.1, 0.15) is 37.3 Å². The van der Waals surface area contributed by atoms with Crippen LogP contribution in [0, 0.1) is 6.92 Å². The number of alkyl halides is 1. The number of nitrogens with zero attached hydrogens (tertiary/aromatic N) is 5. The van der Waals surface area contributed by atoms with E-state index in [1.807, 2.05) is 6.92 Å². The van der Waals surface area contributed by atoms with Crippen LogP contribution in [0.4, 0.5) is 4.39 Å². The van der Waals surface area contributed by atoms with E-state index in [-0.39, 0.29) is 13.0 Å². The molecule has 0 amide bonds. The van der Waals surface area contributed by atoms with E-state index in [2.05, 4.69) is 10.3 Å². The summed E-state index contributed by atoms with van der Waals surface area (Å²) < 4.78 is 23.2. The minimum atomic E-state index is -1.37. The van der Waals surface area contributed by atoms with E-state index < -0.39 is 36.4 Å². The average molecular weight is 367 g/mol. The molecular formula is C16H22FN5O4. The van der Waals surface area contributed by atoms with Gasteiger partial charge in [0.2, 0.25) is 0 Å². The number of ether oxygens (including phenoxy) is 1. The Morgan fingerprint density at radius 1 is 1.38 bits per heavy atom. The van der Waals surface area contributed by atoms with Crippen LogP contribution < -0.4 is 11.2 Å². The smallest absolute Gasteiger partial charge is 0.333 e. The van der Waals surface area contributed by atoms with Gasteiger partial charge in [0.05, 0.1) is 19.3 Å². The molecule has 1 unspecified atom stereocenters. The van der Waals surface area contributed by atoms with Crippen molar-refractivity contribution < 1.29 is 14.2 Å². The van der Waals surface area contributed by atoms with Crippen molar-refractivity contribution >= 4 is 0 Å². The molecule has 3 atom stereocenters. The van der Waals surface area contributed by atoms with Crippen molar-refractivity contribution in [1.82, 2.24) is 24.1 Å². The van der Waals surface area contributed by atoms with Gasteiger partial charge in [-0.1, -0.05) is 12.1 Å². The highest BCUT2D eigenvalue weighted by Crippen LogP contribution is 2.29. The zero-order valence-corrected chi connectivity index (χ0v) is 14.7. The maximum Gasteiger partial charge on any atom is 0.333 e. The van der Waals surface area contributed by atoms with Gasteiger partial charge >= 0.3 is 5.69 Å². The predicted molar refractivity (Wildman–Crippen MR) is 89.6 cm³/mol. The average Bonchev–Trinajstić information content (AvgIpc) is 3.21. The molecule has 0 aliphatic carbocycles. The molecule has 3 heterocycles. The van der Waals surface area contributed by atoms with Gasteiger partial charge in [-0.15, -0.1) is 5.10 Å². The third kappa shape index (κ3) is 3.47. The molecule has 2 aromatic heterocycles. The van der Waals surface area contributed by atoms with E-state index in [9.17, 15) is 14.0 Å². The Morgan fingerprint density at radius 3 is 2.81 bits per heavy atom. The molecule has 1 aliphatic rings. The number of aromatic nitrogens is 5. The summed E-state index contributed by atoms with van der Waals surface area (Å²) in [5.41, 5.74) is -0.234. The predicted octanol–water partition coefficient (Wildman–Crippen LogP) is -0.0139. The van der Waals surface area contributed by atoms with Crippen molar-refractivity contribution in [1.29, 1.82) is 0 Å². The topological polar surface area (TPSA) is 104 Å². The first-order valence-electron chi connectivity index (χ1n) is 8.56. The number of halogens is 1. The van der Waals surface area contributed by atoms with Crippen molar-refractivity contribution in [2.75, 3.05) is 6.61 Å². The van der Waals surface area contributed by atoms with Gasteiger partial charge in [0.25, 0.3) is 5.56 Å². The van der Waals surface area contributed by atoms with Crippen molar-refractivity contribution in [2.45, 2.75) is 58.3 Å². The monoisotopic (exact) mass is 367 g/mol. The Kier molecular flexibility index (Phi) is 5.33. The second kappa shape index (κ2) is 7.50. The van der Waals surface area contributed by atoms with Crippen LogP contribution in [0.3, 0.4) is 0 Å². The number of hydrogen-bond donors (Lipinski definition) is 1. The van der Waals surface area contributed by atoms with Crippen LogP contribution in [0.2, 0.25) is 0 Å². The Balaban J connectivity index is 1.94. The standard InChI is InChI=1S/C16H22FN5O4/c1-3-4-20-7-11(18-19-20)8-22-15(24)10(2)6-21(16(22)25)14-5-12(17)13(9-23)26-14/h6-7,12-14,23H,3-5,8-9H2,1-2H3/t12?,13-,14-/m1/s1. The molecule has 1 N–H and O–H groups in total. The molecule has 0 aromatic carbocycles. The molecular weight excluding hydrogens is 345 g/mol. The maximum atomic E-state index is 13.9. The fraction of sp³-hybridized carbons (Fsp3) is 0.625. The third-order valence-corrected chi connectivity index (χ3v) is 4.38. The third-order valence-electron chi connectivity index (χ3n) is 4.38. The maximum absolute atomic E-state index is 13.9. The highest BCUT2D eigenvalue weighted by atomic mass is 19.1. The highest BCUT2D eigenvalue weighted by Gasteiger charge is 2.36. The SMILES string of the molecule is CCCn1cc(Cn2c(=O)c(C)cn([C@H]3CC(F)[C@@H](CO)O3)c2=O)nn1. The first kappa shape index (κ1) is 18.5. The summed E-state index contributed by atoms with van der Waals surface area (Å²) in [7, 11) is 0. The Labute approximate surface area is 148 Å². The lowest BCUT2D eigenvalue weighted by atomic mass is 10.2. The normalized spacial score (nSPS) is 22.8. The summed E-state index contributed by atoms with van der Waals surface area (Å²) >= 11 is 0. The van der Waals surface area contributed by atoms with Crippen LogP contribution in [0.15, 0.2) is 22.0 Å². The van der Waals surface area contributed by atoms with Crippen LogP contribution in [0.25, 0.3) is 0 Å². The van der Waals surface area contributed by atoms with Gasteiger partial charge in [0.1, 0.15) is 24.2 Å². The molecule has 1 aliphatic heterocycles. The summed E-state index contributed by atoms with van der Waals surface area (Å²) in [4.78, 5) is 25.2. The molecule has 2 aromatic rings. The molecule has 0 saturated carbocycles. The number of rotatable bonds is 6. The summed E-state index contributed by atoms with van der Waals surface area (Å²) in [6, 6.07) is 0. The van der Waals surface area contributed by atoms with Crippen LogP contribution in [0.5, 0.6) is 0 Å². The molecule has 3 rings (SSSR count). The van der Waals surface area contributed by atoms with Crippen LogP contribution in [-0.2, 0) is 17.8 Å². The van der Waals surface area contributed by atoms with E-state index in [4.69, 9.17) is 9.84 Å². The van der Waals surface area contributed by atoms with E-state index in [0.717, 1.165) is 11.0 Å². The summed E-state index contributed by atoms with van der Waals surface area (Å²) in [6.45, 7) is 3.78. The van der Waals surface area contributed by atoms with Gasteiger partial charge in [0.15, 0.2) is 0 Å². The second-order valence-electron chi connectivity index (χ2n) is 6.43. The van der Waals surface area contributed by atoms with E-state index in [1.54, 1.807) is 17.8 Å². The van der Waals surface area contributed by atoms with E-state index >= 15 is 0 Å². The van der Waals surface area contributed by atoms with Gasteiger partial charge in [-0.3, -0.25) is 18.6 Å². The minimum Gasteiger partial charge on any atom is -0.394 e. The number of aliphatic hydroxyl groups is 1. The lowest BCUT2D eigenvalue weighted by Gasteiger charge is -2.17. The van der Waals surface area contributed by atoms with E-state index in [0.29, 0.717) is 17.8 Å². The highest BCUT2D eigenvalue weighted by molar-refractivity contribution is 5.06. The number of aliphatic hydroxyl groups excluding tert-OH is 1. The molecule has 0 spiro atoms. The van der Waals surface area contributed by atoms with Crippen molar-refractivity contribution in [3.05, 3.63) is 44.5 Å². The zero-order valence-electron chi connectivity index (χ0n) is 14.7. The van der Waals surface area contributed by atoms with Gasteiger partial charge < -0.3 is 9.84 Å². The molecule has 0 bridgehead atoms.